The van der Waals surface area contributed by atoms with Gasteiger partial charge in [-0.2, -0.15) is 0 Å². The topological polar surface area (TPSA) is 74.8 Å². The average Bonchev–Trinajstić information content (AvgIpc) is 2.91. The molecule has 3 atom stereocenters. The zero-order valence-corrected chi connectivity index (χ0v) is 22.0. The number of carbonyl (C=O) groups excluding carboxylic acids is 2. The molecule has 2 aromatic rings. The molecule has 0 radical (unpaired) electrons. The van der Waals surface area contributed by atoms with Crippen LogP contribution in [0.2, 0.25) is 0 Å². The van der Waals surface area contributed by atoms with Gasteiger partial charge in [-0.1, -0.05) is 46.3 Å². The molecule has 1 aromatic heterocycles. The van der Waals surface area contributed by atoms with E-state index in [4.69, 9.17) is 4.74 Å². The van der Waals surface area contributed by atoms with Crippen molar-refractivity contribution in [2.75, 3.05) is 44.7 Å². The largest absolute Gasteiger partial charge is 0.381 e. The fourth-order valence-corrected chi connectivity index (χ4v) is 5.83. The Bertz CT molecular complexity index is 964. The number of nitrogens with zero attached hydrogens (tertiary/aromatic N) is 3. The molecule has 2 fully saturated rings. The smallest absolute Gasteiger partial charge is 0.252 e. The third-order valence-corrected chi connectivity index (χ3v) is 7.73. The predicted octanol–water partition coefficient (Wildman–Crippen LogP) is 3.67. The monoisotopic (exact) mass is 542 g/mol. The van der Waals surface area contributed by atoms with Crippen molar-refractivity contribution in [2.24, 2.45) is 5.92 Å². The lowest BCUT2D eigenvalue weighted by molar-refractivity contribution is -0.138. The van der Waals surface area contributed by atoms with E-state index in [-0.39, 0.29) is 23.8 Å². The predicted molar refractivity (Wildman–Crippen MR) is 141 cm³/mol. The number of alkyl halides is 1. The maximum atomic E-state index is 13.1. The first-order chi connectivity index (χ1) is 17.0. The Hall–Kier alpha value is -2.45. The number of methoxy groups -OCH3 is 1. The summed E-state index contributed by atoms with van der Waals surface area (Å²) < 4.78 is 5.53. The summed E-state index contributed by atoms with van der Waals surface area (Å²) in [5.41, 5.74) is 1.84. The fourth-order valence-electron chi connectivity index (χ4n) is 4.96. The quantitative estimate of drug-likeness (QED) is 0.407. The molecule has 8 heteroatoms. The van der Waals surface area contributed by atoms with Gasteiger partial charge in [-0.3, -0.25) is 9.59 Å². The molecule has 0 bridgehead atoms. The second kappa shape index (κ2) is 12.5. The van der Waals surface area contributed by atoms with Gasteiger partial charge in [-0.05, 0) is 49.8 Å². The normalized spacial score (nSPS) is 22.6. The number of hydrogen-bond acceptors (Lipinski definition) is 5. The minimum atomic E-state index is -0.0977. The molecule has 2 heterocycles. The van der Waals surface area contributed by atoms with Gasteiger partial charge in [0.1, 0.15) is 5.82 Å². The van der Waals surface area contributed by atoms with Crippen LogP contribution in [0, 0.1) is 5.92 Å². The number of anilines is 1. The van der Waals surface area contributed by atoms with Crippen LogP contribution in [0.25, 0.3) is 0 Å². The minimum Gasteiger partial charge on any atom is -0.381 e. The summed E-state index contributed by atoms with van der Waals surface area (Å²) in [5.74, 6) is 1.01. The van der Waals surface area contributed by atoms with Crippen molar-refractivity contribution >= 4 is 33.6 Å². The highest BCUT2D eigenvalue weighted by molar-refractivity contribution is 9.09. The standard InChI is InChI=1S/C27H35BrN4O3/c1-35-24-17-22(16-23(28)18-24)27(34)32-14-12-31(13-15-32)25-10-9-21(19-30-25)26(33)29-11-5-8-20-6-3-2-4-7-20/h2-4,6-7,9-10,19,22-24H,5,8,11-18H2,1H3,(H,29,33). The van der Waals surface area contributed by atoms with Crippen molar-refractivity contribution in [2.45, 2.75) is 43.0 Å². The number of nitrogens with one attached hydrogen (secondary N) is 1. The number of carbonyl (C=O) groups is 2. The molecule has 1 saturated carbocycles. The van der Waals surface area contributed by atoms with Gasteiger partial charge in [-0.25, -0.2) is 4.98 Å². The Morgan fingerprint density at radius 2 is 1.83 bits per heavy atom. The van der Waals surface area contributed by atoms with E-state index in [0.29, 0.717) is 30.0 Å². The highest BCUT2D eigenvalue weighted by atomic mass is 79.9. The molecule has 1 saturated heterocycles. The lowest BCUT2D eigenvalue weighted by Crippen LogP contribution is -2.51. The van der Waals surface area contributed by atoms with E-state index in [1.165, 1.54) is 5.56 Å². The number of aryl methyl sites for hydroxylation is 1. The third kappa shape index (κ3) is 7.04. The van der Waals surface area contributed by atoms with Gasteiger partial charge < -0.3 is 19.9 Å². The van der Waals surface area contributed by atoms with Gasteiger partial charge in [0.25, 0.3) is 5.91 Å². The number of amides is 2. The van der Waals surface area contributed by atoms with Crippen LogP contribution in [-0.4, -0.2) is 72.5 Å². The second-order valence-electron chi connectivity index (χ2n) is 9.42. The van der Waals surface area contributed by atoms with Crippen LogP contribution < -0.4 is 10.2 Å². The molecule has 0 spiro atoms. The van der Waals surface area contributed by atoms with E-state index < -0.39 is 0 Å². The van der Waals surface area contributed by atoms with Gasteiger partial charge in [0.2, 0.25) is 5.91 Å². The Balaban J connectivity index is 1.21. The molecule has 1 aliphatic heterocycles. The Kier molecular flexibility index (Phi) is 9.15. The second-order valence-corrected chi connectivity index (χ2v) is 10.7. The molecule has 1 N–H and O–H groups in total. The van der Waals surface area contributed by atoms with Gasteiger partial charge in [0.15, 0.2) is 0 Å². The molecule has 2 amide bonds. The summed E-state index contributed by atoms with van der Waals surface area (Å²) in [7, 11) is 1.73. The van der Waals surface area contributed by atoms with E-state index in [0.717, 1.165) is 51.0 Å². The van der Waals surface area contributed by atoms with Crippen molar-refractivity contribution in [3.8, 4) is 0 Å². The third-order valence-electron chi connectivity index (χ3n) is 6.98. The minimum absolute atomic E-state index is 0.0215. The van der Waals surface area contributed by atoms with Gasteiger partial charge >= 0.3 is 0 Å². The number of piperazine rings is 1. The molecular formula is C27H35BrN4O3. The molecule has 35 heavy (non-hydrogen) atoms. The van der Waals surface area contributed by atoms with E-state index >= 15 is 0 Å². The molecule has 1 aromatic carbocycles. The maximum absolute atomic E-state index is 13.1. The Labute approximate surface area is 216 Å². The summed E-state index contributed by atoms with van der Waals surface area (Å²) >= 11 is 3.69. The summed E-state index contributed by atoms with van der Waals surface area (Å²) in [6.45, 7) is 3.48. The van der Waals surface area contributed by atoms with Gasteiger partial charge in [0, 0.05) is 56.8 Å². The zero-order valence-electron chi connectivity index (χ0n) is 20.4. The van der Waals surface area contributed by atoms with Crippen molar-refractivity contribution in [3.63, 3.8) is 0 Å². The van der Waals surface area contributed by atoms with Gasteiger partial charge in [-0.15, -0.1) is 0 Å². The van der Waals surface area contributed by atoms with Crippen LogP contribution in [0.3, 0.4) is 0 Å². The number of hydrogen-bond donors (Lipinski definition) is 1. The van der Waals surface area contributed by atoms with Crippen molar-refractivity contribution in [1.29, 1.82) is 0 Å². The summed E-state index contributed by atoms with van der Waals surface area (Å²) in [6.07, 6.45) is 6.26. The molecule has 7 nitrogen and oxygen atoms in total. The highest BCUT2D eigenvalue weighted by Gasteiger charge is 2.35. The number of benzene rings is 1. The summed E-state index contributed by atoms with van der Waals surface area (Å²) in [5, 5.41) is 2.98. The molecule has 4 rings (SSSR count). The molecule has 1 aliphatic carbocycles. The van der Waals surface area contributed by atoms with Crippen molar-refractivity contribution in [1.82, 2.24) is 15.2 Å². The molecule has 188 valence electrons. The number of halogens is 1. The lowest BCUT2D eigenvalue weighted by Gasteiger charge is -2.39. The van der Waals surface area contributed by atoms with E-state index in [9.17, 15) is 9.59 Å². The van der Waals surface area contributed by atoms with Crippen LogP contribution in [-0.2, 0) is 16.0 Å². The number of rotatable bonds is 8. The van der Waals surface area contributed by atoms with Crippen molar-refractivity contribution < 1.29 is 14.3 Å². The SMILES string of the molecule is COC1CC(Br)CC(C(=O)N2CCN(c3ccc(C(=O)NCCCc4ccccc4)cn3)CC2)C1. The number of pyridine rings is 1. The lowest BCUT2D eigenvalue weighted by atomic mass is 9.86. The first kappa shape index (κ1) is 25.6. The molecular weight excluding hydrogens is 508 g/mol. The van der Waals surface area contributed by atoms with Crippen LogP contribution >= 0.6 is 15.9 Å². The Morgan fingerprint density at radius 1 is 1.06 bits per heavy atom. The molecule has 2 aliphatic rings. The first-order valence-electron chi connectivity index (χ1n) is 12.5. The first-order valence-corrected chi connectivity index (χ1v) is 13.4. The van der Waals surface area contributed by atoms with E-state index in [1.54, 1.807) is 13.3 Å². The summed E-state index contributed by atoms with van der Waals surface area (Å²) in [4.78, 5) is 34.6. The van der Waals surface area contributed by atoms with Crippen LogP contribution in [0.15, 0.2) is 48.7 Å². The maximum Gasteiger partial charge on any atom is 0.252 e. The Morgan fingerprint density at radius 3 is 2.51 bits per heavy atom. The zero-order chi connectivity index (χ0) is 24.6. The average molecular weight is 544 g/mol. The fraction of sp³-hybridized carbons (Fsp3) is 0.519. The number of aromatic nitrogens is 1. The van der Waals surface area contributed by atoms with Crippen LogP contribution in [0.1, 0.15) is 41.6 Å². The highest BCUT2D eigenvalue weighted by Crippen LogP contribution is 2.32. The van der Waals surface area contributed by atoms with E-state index in [2.05, 4.69) is 43.3 Å². The number of ether oxygens (including phenoxy) is 1. The van der Waals surface area contributed by atoms with Crippen molar-refractivity contribution in [3.05, 3.63) is 59.8 Å². The van der Waals surface area contributed by atoms with Crippen LogP contribution in [0.4, 0.5) is 5.82 Å². The van der Waals surface area contributed by atoms with Crippen LogP contribution in [0.5, 0.6) is 0 Å². The van der Waals surface area contributed by atoms with Gasteiger partial charge in [0.05, 0.1) is 11.7 Å². The summed E-state index contributed by atoms with van der Waals surface area (Å²) in [6, 6.07) is 14.0. The molecule has 3 unspecified atom stereocenters. The van der Waals surface area contributed by atoms with E-state index in [1.807, 2.05) is 35.2 Å².